The van der Waals surface area contributed by atoms with Crippen molar-refractivity contribution in [3.8, 4) is 0 Å². The first-order valence-electron chi connectivity index (χ1n) is 11.1. The van der Waals surface area contributed by atoms with E-state index in [9.17, 15) is 9.59 Å². The van der Waals surface area contributed by atoms with Crippen LogP contribution in [0.25, 0.3) is 0 Å². The van der Waals surface area contributed by atoms with E-state index in [1.807, 2.05) is 28.8 Å². The molecule has 2 aromatic rings. The van der Waals surface area contributed by atoms with Gasteiger partial charge in [-0.2, -0.15) is 0 Å². The summed E-state index contributed by atoms with van der Waals surface area (Å²) in [6.45, 7) is 4.65. The monoisotopic (exact) mass is 445 g/mol. The second-order valence-corrected chi connectivity index (χ2v) is 9.22. The molecule has 9 heteroatoms. The summed E-state index contributed by atoms with van der Waals surface area (Å²) in [6.07, 6.45) is 8.16. The van der Waals surface area contributed by atoms with Gasteiger partial charge >= 0.3 is 0 Å². The van der Waals surface area contributed by atoms with Crippen LogP contribution in [0.1, 0.15) is 42.0 Å². The maximum Gasteiger partial charge on any atom is 0.287 e. The number of thioether (sulfide) groups is 1. The van der Waals surface area contributed by atoms with Gasteiger partial charge < -0.3 is 19.2 Å². The standard InChI is InChI=1S/C22H31N5O3S/c1-25-10-8-24-22(25)31-16-18-6-7-19(30-18)20(28)23-9-11-26-12-14-27(15-13-26)21(29)17-4-2-3-5-17/h6-8,10,17H,2-5,9,11-16H2,1H3,(H,23,28). The minimum Gasteiger partial charge on any atom is -0.455 e. The van der Waals surface area contributed by atoms with Crippen LogP contribution in [0.15, 0.2) is 34.1 Å². The minimum atomic E-state index is -0.191. The van der Waals surface area contributed by atoms with Crippen molar-refractivity contribution in [2.24, 2.45) is 13.0 Å². The Balaban J connectivity index is 1.14. The fraction of sp³-hybridized carbons (Fsp3) is 0.591. The average Bonchev–Trinajstić information content (AvgIpc) is 3.54. The second-order valence-electron chi connectivity index (χ2n) is 8.28. The highest BCUT2D eigenvalue weighted by Crippen LogP contribution is 2.27. The number of aromatic nitrogens is 2. The van der Waals surface area contributed by atoms with Crippen LogP contribution in [0.3, 0.4) is 0 Å². The largest absolute Gasteiger partial charge is 0.455 e. The van der Waals surface area contributed by atoms with E-state index in [1.54, 1.807) is 24.0 Å². The number of furan rings is 1. The number of nitrogens with one attached hydrogen (secondary N) is 1. The van der Waals surface area contributed by atoms with E-state index in [2.05, 4.69) is 15.2 Å². The van der Waals surface area contributed by atoms with Crippen molar-refractivity contribution in [1.82, 2.24) is 24.7 Å². The predicted molar refractivity (Wildman–Crippen MR) is 119 cm³/mol. The molecule has 2 fully saturated rings. The third-order valence-electron chi connectivity index (χ3n) is 6.11. The lowest BCUT2D eigenvalue weighted by molar-refractivity contribution is -0.137. The van der Waals surface area contributed by atoms with Gasteiger partial charge in [0.2, 0.25) is 5.91 Å². The Labute approximate surface area is 187 Å². The van der Waals surface area contributed by atoms with Crippen LogP contribution in [-0.4, -0.2) is 70.4 Å². The van der Waals surface area contributed by atoms with Crippen molar-refractivity contribution < 1.29 is 14.0 Å². The molecule has 168 valence electrons. The van der Waals surface area contributed by atoms with E-state index >= 15 is 0 Å². The Morgan fingerprint density at radius 1 is 1.19 bits per heavy atom. The molecule has 0 spiro atoms. The van der Waals surface area contributed by atoms with Gasteiger partial charge in [-0.3, -0.25) is 14.5 Å². The van der Waals surface area contributed by atoms with Crippen LogP contribution in [0, 0.1) is 5.92 Å². The number of carbonyl (C=O) groups excluding carboxylic acids is 2. The molecule has 0 atom stereocenters. The van der Waals surface area contributed by atoms with Gasteiger partial charge in [-0.25, -0.2) is 4.98 Å². The number of aryl methyl sites for hydroxylation is 1. The summed E-state index contributed by atoms with van der Waals surface area (Å²) in [5.41, 5.74) is 0. The van der Waals surface area contributed by atoms with Crippen molar-refractivity contribution in [3.63, 3.8) is 0 Å². The molecule has 2 aliphatic rings. The van der Waals surface area contributed by atoms with Crippen molar-refractivity contribution >= 4 is 23.6 Å². The zero-order chi connectivity index (χ0) is 21.6. The summed E-state index contributed by atoms with van der Waals surface area (Å²) in [5.74, 6) is 2.13. The van der Waals surface area contributed by atoms with E-state index in [0.717, 1.165) is 56.5 Å². The Hall–Kier alpha value is -2.26. The highest BCUT2D eigenvalue weighted by Gasteiger charge is 2.29. The molecule has 2 amide bonds. The Morgan fingerprint density at radius 2 is 1.97 bits per heavy atom. The molecular formula is C22H31N5O3S. The van der Waals surface area contributed by atoms with Gasteiger partial charge in [0.15, 0.2) is 10.9 Å². The molecule has 8 nitrogen and oxygen atoms in total. The van der Waals surface area contributed by atoms with Crippen LogP contribution < -0.4 is 5.32 Å². The Morgan fingerprint density at radius 3 is 2.68 bits per heavy atom. The van der Waals surface area contributed by atoms with E-state index in [-0.39, 0.29) is 11.8 Å². The minimum absolute atomic E-state index is 0.191. The maximum absolute atomic E-state index is 12.5. The van der Waals surface area contributed by atoms with Gasteiger partial charge in [0, 0.05) is 64.6 Å². The number of piperazine rings is 1. The molecule has 1 N–H and O–H groups in total. The van der Waals surface area contributed by atoms with Crippen molar-refractivity contribution in [2.45, 2.75) is 36.6 Å². The lowest BCUT2D eigenvalue weighted by Crippen LogP contribution is -2.51. The van der Waals surface area contributed by atoms with Gasteiger partial charge in [-0.15, -0.1) is 0 Å². The van der Waals surface area contributed by atoms with Gasteiger partial charge in [0.05, 0.1) is 5.75 Å². The van der Waals surface area contributed by atoms with Crippen LogP contribution in [-0.2, 0) is 17.6 Å². The van der Waals surface area contributed by atoms with Gasteiger partial charge in [-0.05, 0) is 25.0 Å². The Bertz CT molecular complexity index is 881. The molecule has 2 aromatic heterocycles. The number of amides is 2. The fourth-order valence-corrected chi connectivity index (χ4v) is 5.07. The predicted octanol–water partition coefficient (Wildman–Crippen LogP) is 2.37. The van der Waals surface area contributed by atoms with Crippen LogP contribution >= 0.6 is 11.8 Å². The van der Waals surface area contributed by atoms with Gasteiger partial charge in [0.25, 0.3) is 5.91 Å². The van der Waals surface area contributed by atoms with E-state index < -0.39 is 0 Å². The summed E-state index contributed by atoms with van der Waals surface area (Å²) in [4.78, 5) is 33.5. The summed E-state index contributed by atoms with van der Waals surface area (Å²) in [6, 6.07) is 3.56. The normalized spacial score (nSPS) is 17.9. The molecule has 0 aromatic carbocycles. The molecule has 0 unspecified atom stereocenters. The number of imidazole rings is 1. The number of hydrogen-bond donors (Lipinski definition) is 1. The highest BCUT2D eigenvalue weighted by atomic mass is 32.2. The zero-order valence-electron chi connectivity index (χ0n) is 18.1. The van der Waals surface area contributed by atoms with Crippen molar-refractivity contribution in [3.05, 3.63) is 36.0 Å². The number of carbonyl (C=O) groups is 2. The quantitative estimate of drug-likeness (QED) is 0.628. The van der Waals surface area contributed by atoms with E-state index in [0.29, 0.717) is 24.0 Å². The zero-order valence-corrected chi connectivity index (χ0v) is 18.9. The molecule has 0 bridgehead atoms. The molecular weight excluding hydrogens is 414 g/mol. The molecule has 0 radical (unpaired) electrons. The smallest absolute Gasteiger partial charge is 0.287 e. The maximum atomic E-state index is 12.5. The molecule has 1 saturated heterocycles. The van der Waals surface area contributed by atoms with Gasteiger partial charge in [0.1, 0.15) is 5.76 Å². The van der Waals surface area contributed by atoms with Crippen LogP contribution in [0.5, 0.6) is 0 Å². The SMILES string of the molecule is Cn1ccnc1SCc1ccc(C(=O)NCCN2CCN(C(=O)C3CCCC3)CC2)o1. The molecule has 1 aliphatic heterocycles. The highest BCUT2D eigenvalue weighted by molar-refractivity contribution is 7.98. The molecule has 3 heterocycles. The lowest BCUT2D eigenvalue weighted by atomic mass is 10.1. The van der Waals surface area contributed by atoms with E-state index in [1.165, 1.54) is 12.8 Å². The van der Waals surface area contributed by atoms with Crippen LogP contribution in [0.4, 0.5) is 0 Å². The first-order valence-corrected chi connectivity index (χ1v) is 12.1. The van der Waals surface area contributed by atoms with Crippen molar-refractivity contribution in [2.75, 3.05) is 39.3 Å². The number of nitrogens with zero attached hydrogens (tertiary/aromatic N) is 4. The third-order valence-corrected chi connectivity index (χ3v) is 7.19. The third kappa shape index (κ3) is 5.71. The molecule has 4 rings (SSSR count). The van der Waals surface area contributed by atoms with E-state index in [4.69, 9.17) is 4.42 Å². The number of hydrogen-bond acceptors (Lipinski definition) is 6. The average molecular weight is 446 g/mol. The van der Waals surface area contributed by atoms with Gasteiger partial charge in [-0.1, -0.05) is 24.6 Å². The first kappa shape index (κ1) is 22.0. The van der Waals surface area contributed by atoms with Crippen LogP contribution in [0.2, 0.25) is 0 Å². The fourth-order valence-electron chi connectivity index (χ4n) is 4.24. The second kappa shape index (κ2) is 10.4. The topological polar surface area (TPSA) is 83.6 Å². The summed E-state index contributed by atoms with van der Waals surface area (Å²) in [7, 11) is 1.95. The lowest BCUT2D eigenvalue weighted by Gasteiger charge is -2.36. The summed E-state index contributed by atoms with van der Waals surface area (Å²) < 4.78 is 7.64. The Kier molecular flexibility index (Phi) is 7.34. The van der Waals surface area contributed by atoms with Crippen molar-refractivity contribution in [1.29, 1.82) is 0 Å². The number of rotatable bonds is 8. The summed E-state index contributed by atoms with van der Waals surface area (Å²) in [5, 5.41) is 3.85. The molecule has 31 heavy (non-hydrogen) atoms. The summed E-state index contributed by atoms with van der Waals surface area (Å²) >= 11 is 1.57. The molecule has 1 aliphatic carbocycles. The first-order chi connectivity index (χ1) is 15.1. The molecule has 1 saturated carbocycles.